The number of halogens is 2. The van der Waals surface area contributed by atoms with E-state index < -0.39 is 0 Å². The largest absolute Gasteiger partial charge is 0.311 e. The first-order valence-electron chi connectivity index (χ1n) is 11.4. The number of amides is 1. The maximum absolute atomic E-state index is 14.6. The summed E-state index contributed by atoms with van der Waals surface area (Å²) in [5.41, 5.74) is 4.37. The van der Waals surface area contributed by atoms with Gasteiger partial charge in [0.1, 0.15) is 5.82 Å². The highest BCUT2D eigenvalue weighted by molar-refractivity contribution is 7.99. The molecule has 6 rings (SSSR count). The molecule has 1 amide bonds. The van der Waals surface area contributed by atoms with Gasteiger partial charge >= 0.3 is 0 Å². The molecule has 0 N–H and O–H groups in total. The molecule has 3 heterocycles. The molecule has 176 valence electrons. The molecule has 2 aromatic heterocycles. The number of fused-ring (bicyclic) bond motifs is 4. The Kier molecular flexibility index (Phi) is 5.70. The van der Waals surface area contributed by atoms with Crippen molar-refractivity contribution in [3.8, 4) is 0 Å². The number of benzene rings is 3. The number of para-hydroxylation sites is 3. The summed E-state index contributed by atoms with van der Waals surface area (Å²) in [7, 11) is 0. The first kappa shape index (κ1) is 22.1. The van der Waals surface area contributed by atoms with Crippen LogP contribution < -0.4 is 4.90 Å². The number of carbonyl (C=O) groups is 1. The molecule has 0 saturated heterocycles. The van der Waals surface area contributed by atoms with Gasteiger partial charge in [0.25, 0.3) is 0 Å². The molecule has 0 saturated carbocycles. The Balaban J connectivity index is 1.33. The minimum Gasteiger partial charge on any atom is -0.311 e. The fraction of sp³-hybridized carbons (Fsp3) is 0.192. The summed E-state index contributed by atoms with van der Waals surface area (Å²) < 4.78 is 18.4. The third-order valence-electron chi connectivity index (χ3n) is 6.39. The lowest BCUT2D eigenvalue weighted by atomic mass is 10.0. The number of imidazole rings is 1. The summed E-state index contributed by atoms with van der Waals surface area (Å²) in [6.45, 7) is 0.934. The van der Waals surface area contributed by atoms with Crippen molar-refractivity contribution in [2.24, 2.45) is 0 Å². The van der Waals surface area contributed by atoms with Crippen LogP contribution in [0, 0.1) is 5.82 Å². The third-order valence-corrected chi connectivity index (χ3v) is 7.65. The molecule has 0 unspecified atom stereocenters. The molecular formula is C26H21ClFN5OS. The third kappa shape index (κ3) is 3.86. The van der Waals surface area contributed by atoms with Gasteiger partial charge in [-0.1, -0.05) is 59.8 Å². The lowest BCUT2D eigenvalue weighted by molar-refractivity contribution is -0.116. The molecule has 0 aliphatic carbocycles. The van der Waals surface area contributed by atoms with E-state index in [1.807, 2.05) is 56.3 Å². The Morgan fingerprint density at radius 1 is 1.00 bits per heavy atom. The van der Waals surface area contributed by atoms with Crippen molar-refractivity contribution >= 4 is 51.8 Å². The number of carbonyl (C=O) groups excluding carboxylic acids is 1. The summed E-state index contributed by atoms with van der Waals surface area (Å²) in [5, 5.41) is 9.76. The highest BCUT2D eigenvalue weighted by Gasteiger charge is 2.24. The number of hydrogen-bond acceptors (Lipinski definition) is 4. The number of aryl methyl sites for hydroxylation is 1. The molecule has 5 aromatic rings. The minimum atomic E-state index is -0.366. The second-order valence-electron chi connectivity index (χ2n) is 8.46. The fourth-order valence-corrected chi connectivity index (χ4v) is 5.76. The van der Waals surface area contributed by atoms with Gasteiger partial charge in [-0.15, -0.1) is 10.2 Å². The van der Waals surface area contributed by atoms with Gasteiger partial charge < -0.3 is 9.47 Å². The molecule has 0 spiro atoms. The molecule has 35 heavy (non-hydrogen) atoms. The Morgan fingerprint density at radius 2 is 1.80 bits per heavy atom. The predicted molar refractivity (Wildman–Crippen MR) is 137 cm³/mol. The molecule has 6 nitrogen and oxygen atoms in total. The second-order valence-corrected chi connectivity index (χ2v) is 9.81. The Bertz CT molecular complexity index is 1560. The van der Waals surface area contributed by atoms with Crippen LogP contribution in [0.15, 0.2) is 71.9 Å². The number of aromatic nitrogens is 4. The zero-order valence-electron chi connectivity index (χ0n) is 18.7. The van der Waals surface area contributed by atoms with Crippen LogP contribution in [-0.2, 0) is 17.8 Å². The van der Waals surface area contributed by atoms with Gasteiger partial charge in [-0.3, -0.25) is 9.20 Å². The normalized spacial score (nSPS) is 13.5. The number of hydrogen-bond donors (Lipinski definition) is 0. The van der Waals surface area contributed by atoms with E-state index in [4.69, 9.17) is 11.6 Å². The molecule has 1 aliphatic heterocycles. The monoisotopic (exact) mass is 505 g/mol. The molecule has 0 fully saturated rings. The minimum absolute atomic E-state index is 0.0424. The molecule has 9 heteroatoms. The van der Waals surface area contributed by atoms with E-state index in [1.54, 1.807) is 12.1 Å². The highest BCUT2D eigenvalue weighted by Crippen LogP contribution is 2.31. The summed E-state index contributed by atoms with van der Waals surface area (Å²) in [5.74, 6) is 0.493. The SMILES string of the molecule is O=C(CSc1nnc2n(Cc3c(F)cccc3Cl)c3ccccc3n12)N1CCCc2ccccc21. The number of anilines is 1. The van der Waals surface area contributed by atoms with Crippen LogP contribution in [0.4, 0.5) is 10.1 Å². The van der Waals surface area contributed by atoms with Gasteiger partial charge in [-0.05, 0) is 48.7 Å². The van der Waals surface area contributed by atoms with Crippen molar-refractivity contribution < 1.29 is 9.18 Å². The molecular weight excluding hydrogens is 485 g/mol. The van der Waals surface area contributed by atoms with Crippen molar-refractivity contribution in [2.75, 3.05) is 17.2 Å². The zero-order valence-corrected chi connectivity index (χ0v) is 20.3. The molecule has 1 aliphatic rings. The maximum Gasteiger partial charge on any atom is 0.237 e. The topological polar surface area (TPSA) is 55.4 Å². The van der Waals surface area contributed by atoms with E-state index in [0.717, 1.165) is 29.6 Å². The summed E-state index contributed by atoms with van der Waals surface area (Å²) >= 11 is 7.66. The predicted octanol–water partition coefficient (Wildman–Crippen LogP) is 5.60. The van der Waals surface area contributed by atoms with Crippen molar-refractivity contribution in [2.45, 2.75) is 24.5 Å². The lowest BCUT2D eigenvalue weighted by Gasteiger charge is -2.29. The number of rotatable bonds is 5. The van der Waals surface area contributed by atoms with Gasteiger partial charge in [-0.25, -0.2) is 4.39 Å². The molecule has 0 atom stereocenters. The average Bonchev–Trinajstić information content (AvgIpc) is 3.43. The summed E-state index contributed by atoms with van der Waals surface area (Å²) in [6, 6.07) is 20.5. The van der Waals surface area contributed by atoms with Crippen LogP contribution in [0.3, 0.4) is 0 Å². The van der Waals surface area contributed by atoms with Gasteiger partial charge in [0.15, 0.2) is 5.16 Å². The van der Waals surface area contributed by atoms with Crippen LogP contribution in [0.1, 0.15) is 17.5 Å². The Morgan fingerprint density at radius 3 is 2.66 bits per heavy atom. The second kappa shape index (κ2) is 9.02. The quantitative estimate of drug-likeness (QED) is 0.292. The van der Waals surface area contributed by atoms with Crippen LogP contribution in [0.2, 0.25) is 5.02 Å². The number of thioether (sulfide) groups is 1. The maximum atomic E-state index is 14.6. The van der Waals surface area contributed by atoms with Gasteiger partial charge in [-0.2, -0.15) is 0 Å². The van der Waals surface area contributed by atoms with E-state index in [0.29, 0.717) is 28.1 Å². The molecule has 0 bridgehead atoms. The molecule has 3 aromatic carbocycles. The first-order valence-corrected chi connectivity index (χ1v) is 12.7. The van der Waals surface area contributed by atoms with Crippen LogP contribution in [0.5, 0.6) is 0 Å². The molecule has 0 radical (unpaired) electrons. The smallest absolute Gasteiger partial charge is 0.237 e. The van der Waals surface area contributed by atoms with Crippen LogP contribution in [-0.4, -0.2) is 37.4 Å². The van der Waals surface area contributed by atoms with Crippen molar-refractivity contribution in [1.29, 1.82) is 0 Å². The van der Waals surface area contributed by atoms with Gasteiger partial charge in [0, 0.05) is 22.8 Å². The van der Waals surface area contributed by atoms with Crippen molar-refractivity contribution in [3.63, 3.8) is 0 Å². The van der Waals surface area contributed by atoms with Crippen LogP contribution in [0.25, 0.3) is 16.8 Å². The highest BCUT2D eigenvalue weighted by atomic mass is 35.5. The standard InChI is InChI=1S/C26H21ClFN5OS/c27-19-9-5-10-20(28)18(19)15-32-22-12-3-4-13-23(22)33-25(32)29-30-26(33)35-16-24(34)31-14-6-8-17-7-1-2-11-21(17)31/h1-5,7,9-13H,6,8,14-16H2. The summed E-state index contributed by atoms with van der Waals surface area (Å²) in [6.07, 6.45) is 1.94. The number of nitrogens with zero attached hydrogens (tertiary/aromatic N) is 5. The summed E-state index contributed by atoms with van der Waals surface area (Å²) in [4.78, 5) is 15.0. The van der Waals surface area contributed by atoms with E-state index >= 15 is 0 Å². The van der Waals surface area contributed by atoms with E-state index in [2.05, 4.69) is 16.3 Å². The first-order chi connectivity index (χ1) is 17.1. The average molecular weight is 506 g/mol. The van der Waals surface area contributed by atoms with Crippen LogP contribution >= 0.6 is 23.4 Å². The van der Waals surface area contributed by atoms with E-state index in [9.17, 15) is 9.18 Å². The van der Waals surface area contributed by atoms with Gasteiger partial charge in [0.2, 0.25) is 11.7 Å². The van der Waals surface area contributed by atoms with E-state index in [1.165, 1.54) is 23.4 Å². The van der Waals surface area contributed by atoms with Crippen molar-refractivity contribution in [1.82, 2.24) is 19.2 Å². The van der Waals surface area contributed by atoms with Crippen molar-refractivity contribution in [3.05, 3.63) is 88.7 Å². The zero-order chi connectivity index (χ0) is 23.9. The fourth-order valence-electron chi connectivity index (χ4n) is 4.72. The lowest BCUT2D eigenvalue weighted by Crippen LogP contribution is -2.36. The Hall–Kier alpha value is -3.36. The van der Waals surface area contributed by atoms with Gasteiger partial charge in [0.05, 0.1) is 23.3 Å². The van der Waals surface area contributed by atoms with E-state index in [-0.39, 0.29) is 24.0 Å². The Labute approximate surface area is 210 Å².